The highest BCUT2D eigenvalue weighted by Crippen LogP contribution is 2.24. The van der Waals surface area contributed by atoms with Gasteiger partial charge in [-0.25, -0.2) is 0 Å². The second-order valence-electron chi connectivity index (χ2n) is 6.93. The van der Waals surface area contributed by atoms with Gasteiger partial charge in [0.2, 0.25) is 0 Å². The van der Waals surface area contributed by atoms with Gasteiger partial charge in [-0.05, 0) is 38.5 Å². The van der Waals surface area contributed by atoms with Gasteiger partial charge in [0.25, 0.3) is 0 Å². The number of aromatic nitrogens is 3. The molecule has 0 spiro atoms. The second-order valence-corrected chi connectivity index (χ2v) is 6.93. The molecule has 1 saturated heterocycles. The summed E-state index contributed by atoms with van der Waals surface area (Å²) in [5, 5.41) is 8.01. The standard InChI is InChI=1S/C17H25N5/c1-17(2,3)22-13-14(10-20-22)12-21-9-8-19-11-16(21)15-4-6-18-7-5-15/h4-7,10,13,16,19H,8-9,11-12H2,1-3H3. The first-order valence-corrected chi connectivity index (χ1v) is 7.93. The van der Waals surface area contributed by atoms with Crippen LogP contribution in [0, 0.1) is 0 Å². The first-order valence-electron chi connectivity index (χ1n) is 7.93. The van der Waals surface area contributed by atoms with Gasteiger partial charge in [-0.2, -0.15) is 5.10 Å². The van der Waals surface area contributed by atoms with Crippen LogP contribution in [0.15, 0.2) is 36.9 Å². The molecule has 5 nitrogen and oxygen atoms in total. The average Bonchev–Trinajstić information content (AvgIpc) is 2.97. The van der Waals surface area contributed by atoms with Gasteiger partial charge < -0.3 is 5.32 Å². The number of rotatable bonds is 3. The van der Waals surface area contributed by atoms with Crippen molar-refractivity contribution in [2.45, 2.75) is 38.9 Å². The maximum Gasteiger partial charge on any atom is 0.0543 e. The van der Waals surface area contributed by atoms with Crippen molar-refractivity contribution >= 4 is 0 Å². The Labute approximate surface area is 132 Å². The normalized spacial score (nSPS) is 20.2. The monoisotopic (exact) mass is 299 g/mol. The molecule has 0 radical (unpaired) electrons. The number of piperazine rings is 1. The van der Waals surface area contributed by atoms with E-state index in [1.165, 1.54) is 11.1 Å². The molecule has 22 heavy (non-hydrogen) atoms. The topological polar surface area (TPSA) is 46.0 Å². The van der Waals surface area contributed by atoms with E-state index in [9.17, 15) is 0 Å². The summed E-state index contributed by atoms with van der Waals surface area (Å²) in [6.45, 7) is 10.5. The van der Waals surface area contributed by atoms with E-state index in [4.69, 9.17) is 0 Å². The Hall–Kier alpha value is -1.72. The maximum atomic E-state index is 4.52. The van der Waals surface area contributed by atoms with Gasteiger partial charge >= 0.3 is 0 Å². The van der Waals surface area contributed by atoms with Gasteiger partial charge in [0.05, 0.1) is 11.7 Å². The van der Waals surface area contributed by atoms with Crippen LogP contribution in [-0.2, 0) is 12.1 Å². The summed E-state index contributed by atoms with van der Waals surface area (Å²) in [5.74, 6) is 0. The van der Waals surface area contributed by atoms with Crippen LogP contribution < -0.4 is 5.32 Å². The molecule has 2 aromatic heterocycles. The molecule has 1 fully saturated rings. The molecule has 0 aromatic carbocycles. The minimum atomic E-state index is 0.0339. The first kappa shape index (κ1) is 15.2. The van der Waals surface area contributed by atoms with Crippen molar-refractivity contribution in [2.24, 2.45) is 0 Å². The first-order chi connectivity index (χ1) is 10.5. The predicted molar refractivity (Wildman–Crippen MR) is 87.5 cm³/mol. The van der Waals surface area contributed by atoms with Crippen molar-refractivity contribution in [3.63, 3.8) is 0 Å². The lowest BCUT2D eigenvalue weighted by Gasteiger charge is -2.36. The van der Waals surface area contributed by atoms with Gasteiger partial charge in [0.15, 0.2) is 0 Å². The smallest absolute Gasteiger partial charge is 0.0543 e. The number of nitrogens with one attached hydrogen (secondary N) is 1. The largest absolute Gasteiger partial charge is 0.314 e. The summed E-state index contributed by atoms with van der Waals surface area (Å²) in [6, 6.07) is 4.63. The number of nitrogens with zero attached hydrogens (tertiary/aromatic N) is 4. The fourth-order valence-electron chi connectivity index (χ4n) is 2.89. The van der Waals surface area contributed by atoms with Crippen molar-refractivity contribution in [3.8, 4) is 0 Å². The van der Waals surface area contributed by atoms with Crippen molar-refractivity contribution < 1.29 is 0 Å². The lowest BCUT2D eigenvalue weighted by molar-refractivity contribution is 0.153. The minimum absolute atomic E-state index is 0.0339. The van der Waals surface area contributed by atoms with Crippen LogP contribution in [0.25, 0.3) is 0 Å². The fraction of sp³-hybridized carbons (Fsp3) is 0.529. The SMILES string of the molecule is CC(C)(C)n1cc(CN2CCNCC2c2ccncc2)cn1. The predicted octanol–water partition coefficient (Wildman–Crippen LogP) is 2.18. The van der Waals surface area contributed by atoms with E-state index in [1.807, 2.05) is 23.3 Å². The van der Waals surface area contributed by atoms with E-state index >= 15 is 0 Å². The molecule has 1 aliphatic heterocycles. The van der Waals surface area contributed by atoms with Crippen LogP contribution in [0.1, 0.15) is 37.9 Å². The Kier molecular flexibility index (Phi) is 4.27. The van der Waals surface area contributed by atoms with Gasteiger partial charge in [-0.15, -0.1) is 0 Å². The molecule has 3 rings (SSSR count). The van der Waals surface area contributed by atoms with Crippen LogP contribution in [-0.4, -0.2) is 39.3 Å². The van der Waals surface area contributed by atoms with Crippen LogP contribution in [0.5, 0.6) is 0 Å². The molecule has 118 valence electrons. The molecular weight excluding hydrogens is 274 g/mol. The van der Waals surface area contributed by atoms with Crippen LogP contribution in [0.2, 0.25) is 0 Å². The van der Waals surface area contributed by atoms with E-state index in [2.05, 4.69) is 59.4 Å². The molecule has 0 saturated carbocycles. The van der Waals surface area contributed by atoms with Crippen LogP contribution >= 0.6 is 0 Å². The maximum absolute atomic E-state index is 4.52. The fourth-order valence-corrected chi connectivity index (χ4v) is 2.89. The Morgan fingerprint density at radius 3 is 2.73 bits per heavy atom. The highest BCUT2D eigenvalue weighted by Gasteiger charge is 2.24. The van der Waals surface area contributed by atoms with E-state index in [0.29, 0.717) is 6.04 Å². The third kappa shape index (κ3) is 3.36. The van der Waals surface area contributed by atoms with E-state index in [0.717, 1.165) is 26.2 Å². The molecule has 0 amide bonds. The number of hydrogen-bond donors (Lipinski definition) is 1. The molecule has 5 heteroatoms. The molecular formula is C17H25N5. The van der Waals surface area contributed by atoms with Crippen molar-refractivity contribution in [1.82, 2.24) is 25.0 Å². The Morgan fingerprint density at radius 1 is 1.27 bits per heavy atom. The minimum Gasteiger partial charge on any atom is -0.314 e. The van der Waals surface area contributed by atoms with Crippen molar-refractivity contribution in [1.29, 1.82) is 0 Å². The zero-order chi connectivity index (χ0) is 15.6. The lowest BCUT2D eigenvalue weighted by atomic mass is 10.0. The van der Waals surface area contributed by atoms with E-state index in [1.54, 1.807) is 0 Å². The van der Waals surface area contributed by atoms with Gasteiger partial charge in [0, 0.05) is 56.4 Å². The summed E-state index contributed by atoms with van der Waals surface area (Å²) in [6.07, 6.45) is 7.92. The van der Waals surface area contributed by atoms with Crippen molar-refractivity contribution in [2.75, 3.05) is 19.6 Å². The second kappa shape index (κ2) is 6.18. The summed E-state index contributed by atoms with van der Waals surface area (Å²) in [4.78, 5) is 6.65. The van der Waals surface area contributed by atoms with Crippen LogP contribution in [0.3, 0.4) is 0 Å². The third-order valence-corrected chi connectivity index (χ3v) is 4.15. The molecule has 1 atom stereocenters. The average molecular weight is 299 g/mol. The molecule has 1 unspecified atom stereocenters. The zero-order valence-electron chi connectivity index (χ0n) is 13.7. The Morgan fingerprint density at radius 2 is 2.05 bits per heavy atom. The van der Waals surface area contributed by atoms with E-state index < -0.39 is 0 Å². The zero-order valence-corrected chi connectivity index (χ0v) is 13.7. The summed E-state index contributed by atoms with van der Waals surface area (Å²) in [7, 11) is 0. The number of hydrogen-bond acceptors (Lipinski definition) is 4. The highest BCUT2D eigenvalue weighted by molar-refractivity contribution is 5.17. The molecule has 2 aromatic rings. The van der Waals surface area contributed by atoms with Gasteiger partial charge in [0.1, 0.15) is 0 Å². The third-order valence-electron chi connectivity index (χ3n) is 4.15. The quantitative estimate of drug-likeness (QED) is 0.943. The van der Waals surface area contributed by atoms with Gasteiger partial charge in [-0.3, -0.25) is 14.6 Å². The van der Waals surface area contributed by atoms with E-state index in [-0.39, 0.29) is 5.54 Å². The molecule has 3 heterocycles. The summed E-state index contributed by atoms with van der Waals surface area (Å²) >= 11 is 0. The molecule has 1 N–H and O–H groups in total. The molecule has 0 bridgehead atoms. The van der Waals surface area contributed by atoms with Crippen molar-refractivity contribution in [3.05, 3.63) is 48.0 Å². The number of pyridine rings is 1. The highest BCUT2D eigenvalue weighted by atomic mass is 15.3. The van der Waals surface area contributed by atoms with Crippen LogP contribution in [0.4, 0.5) is 0 Å². The van der Waals surface area contributed by atoms with Gasteiger partial charge in [-0.1, -0.05) is 0 Å². The Balaban J connectivity index is 1.76. The summed E-state index contributed by atoms with van der Waals surface area (Å²) < 4.78 is 2.05. The molecule has 1 aliphatic rings. The lowest BCUT2D eigenvalue weighted by Crippen LogP contribution is -2.45. The summed E-state index contributed by atoms with van der Waals surface area (Å²) in [5.41, 5.74) is 2.63. The Bertz CT molecular complexity index is 599. The molecule has 0 aliphatic carbocycles.